The molecule has 13 heteroatoms. The average molecular weight is 747 g/mol. The van der Waals surface area contributed by atoms with Gasteiger partial charge in [-0.1, -0.05) is 54.6 Å². The van der Waals surface area contributed by atoms with E-state index in [2.05, 4.69) is 37.3 Å². The summed E-state index contributed by atoms with van der Waals surface area (Å²) < 4.78 is 41.8. The number of aromatic amines is 1. The summed E-state index contributed by atoms with van der Waals surface area (Å²) in [4.78, 5) is 27.8. The van der Waals surface area contributed by atoms with Gasteiger partial charge >= 0.3 is 5.69 Å². The van der Waals surface area contributed by atoms with E-state index in [1.54, 1.807) is 21.1 Å². The number of nitrogens with zero attached hydrogens (tertiary/aromatic N) is 2. The molecule has 3 aromatic carbocycles. The van der Waals surface area contributed by atoms with Crippen LogP contribution >= 0.6 is 8.53 Å². The second-order valence-electron chi connectivity index (χ2n) is 13.4. The fraction of sp³-hybridized carbons (Fsp3) is 0.425. The lowest BCUT2D eigenvalue weighted by molar-refractivity contribution is -0.0926. The van der Waals surface area contributed by atoms with E-state index in [9.17, 15) is 9.59 Å². The molecule has 1 aliphatic heterocycles. The SMILES string of the molecule is COc1ccc(C(OC[C@H]2O[C@@H](n3cc(C)c(=O)[nH]c3=O)C[C@@H]2OP(OCCC=N)N(C(C)C)C(C)C)(c2ccccc2)c2ccc(OC)cc2)cc1. The molecule has 0 spiro atoms. The number of methoxy groups -OCH3 is 2. The van der Waals surface area contributed by atoms with Gasteiger partial charge in [0.15, 0.2) is 0 Å². The molecule has 1 unspecified atom stereocenters. The molecule has 1 saturated heterocycles. The second-order valence-corrected chi connectivity index (χ2v) is 14.8. The van der Waals surface area contributed by atoms with Crippen LogP contribution in [0, 0.1) is 12.3 Å². The number of ether oxygens (including phenoxy) is 4. The van der Waals surface area contributed by atoms with E-state index in [0.29, 0.717) is 36.5 Å². The van der Waals surface area contributed by atoms with Crippen LogP contribution in [0.15, 0.2) is 94.6 Å². The van der Waals surface area contributed by atoms with E-state index in [1.807, 2.05) is 78.9 Å². The van der Waals surface area contributed by atoms with Crippen molar-refractivity contribution in [3.63, 3.8) is 0 Å². The monoisotopic (exact) mass is 746 g/mol. The molecule has 5 rings (SSSR count). The Bertz CT molecular complexity index is 1830. The van der Waals surface area contributed by atoms with Crippen molar-refractivity contribution in [2.45, 2.75) is 83.6 Å². The van der Waals surface area contributed by atoms with Gasteiger partial charge in [-0.2, -0.15) is 0 Å². The minimum absolute atomic E-state index is 0.0538. The van der Waals surface area contributed by atoms with E-state index in [0.717, 1.165) is 16.7 Å². The molecule has 1 fully saturated rings. The molecule has 0 saturated carbocycles. The highest BCUT2D eigenvalue weighted by Gasteiger charge is 2.45. The largest absolute Gasteiger partial charge is 0.497 e. The lowest BCUT2D eigenvalue weighted by atomic mass is 9.80. The third kappa shape index (κ3) is 9.15. The van der Waals surface area contributed by atoms with Crippen LogP contribution in [0.3, 0.4) is 0 Å². The first-order chi connectivity index (χ1) is 25.5. The van der Waals surface area contributed by atoms with Crippen LogP contribution in [0.25, 0.3) is 0 Å². The van der Waals surface area contributed by atoms with Gasteiger partial charge in [0.2, 0.25) is 0 Å². The van der Waals surface area contributed by atoms with Crippen LogP contribution < -0.4 is 20.7 Å². The van der Waals surface area contributed by atoms with E-state index < -0.39 is 43.8 Å². The summed E-state index contributed by atoms with van der Waals surface area (Å²) in [5, 5.41) is 7.56. The average Bonchev–Trinajstić information content (AvgIpc) is 3.56. The van der Waals surface area contributed by atoms with Crippen molar-refractivity contribution in [1.82, 2.24) is 14.2 Å². The molecule has 284 valence electrons. The van der Waals surface area contributed by atoms with Gasteiger partial charge in [0.25, 0.3) is 14.1 Å². The number of hydrogen-bond donors (Lipinski definition) is 2. The quantitative estimate of drug-likeness (QED) is 0.0480. The lowest BCUT2D eigenvalue weighted by Gasteiger charge is -2.39. The summed E-state index contributed by atoms with van der Waals surface area (Å²) in [6, 6.07) is 25.8. The van der Waals surface area contributed by atoms with Crippen LogP contribution in [-0.4, -0.2) is 72.2 Å². The Labute approximate surface area is 312 Å². The van der Waals surface area contributed by atoms with Crippen molar-refractivity contribution in [3.05, 3.63) is 128 Å². The molecule has 2 heterocycles. The summed E-state index contributed by atoms with van der Waals surface area (Å²) in [7, 11) is 1.64. The Morgan fingerprint density at radius 1 is 0.925 bits per heavy atom. The van der Waals surface area contributed by atoms with Gasteiger partial charge < -0.3 is 33.4 Å². The maximum Gasteiger partial charge on any atom is 0.330 e. The van der Waals surface area contributed by atoms with E-state index in [-0.39, 0.29) is 18.7 Å². The first-order valence-electron chi connectivity index (χ1n) is 17.8. The lowest BCUT2D eigenvalue weighted by Crippen LogP contribution is -2.39. The second kappa shape index (κ2) is 18.2. The number of rotatable bonds is 18. The van der Waals surface area contributed by atoms with Gasteiger partial charge in [-0.05, 0) is 81.8 Å². The van der Waals surface area contributed by atoms with E-state index in [1.165, 1.54) is 17.0 Å². The molecule has 1 aliphatic rings. The maximum atomic E-state index is 13.1. The molecule has 4 aromatic rings. The van der Waals surface area contributed by atoms with Crippen molar-refractivity contribution in [1.29, 1.82) is 5.41 Å². The van der Waals surface area contributed by atoms with Crippen molar-refractivity contribution in [2.24, 2.45) is 0 Å². The minimum atomic E-state index is -1.62. The Kier molecular flexibility index (Phi) is 13.8. The number of aryl methyl sites for hydroxylation is 1. The number of hydrogen-bond acceptors (Lipinski definition) is 10. The zero-order chi connectivity index (χ0) is 38.1. The van der Waals surface area contributed by atoms with Gasteiger partial charge in [0, 0.05) is 36.7 Å². The predicted octanol–water partition coefficient (Wildman–Crippen LogP) is 6.95. The van der Waals surface area contributed by atoms with Gasteiger partial charge in [-0.15, -0.1) is 0 Å². The number of nitrogens with one attached hydrogen (secondary N) is 2. The first-order valence-corrected chi connectivity index (χ1v) is 19.0. The fourth-order valence-corrected chi connectivity index (χ4v) is 8.42. The normalized spacial score (nSPS) is 18.1. The zero-order valence-corrected chi connectivity index (χ0v) is 32.4. The minimum Gasteiger partial charge on any atom is -0.497 e. The van der Waals surface area contributed by atoms with E-state index in [4.69, 9.17) is 33.4 Å². The van der Waals surface area contributed by atoms with Crippen LogP contribution in [0.2, 0.25) is 0 Å². The van der Waals surface area contributed by atoms with Crippen molar-refractivity contribution >= 4 is 14.7 Å². The van der Waals surface area contributed by atoms with Gasteiger partial charge in [-0.3, -0.25) is 14.3 Å². The fourth-order valence-electron chi connectivity index (χ4n) is 6.64. The third-order valence-corrected chi connectivity index (χ3v) is 11.4. The highest BCUT2D eigenvalue weighted by molar-refractivity contribution is 7.44. The molecule has 0 amide bonds. The van der Waals surface area contributed by atoms with Gasteiger partial charge in [0.05, 0.1) is 33.5 Å². The molecule has 53 heavy (non-hydrogen) atoms. The Morgan fingerprint density at radius 2 is 1.49 bits per heavy atom. The van der Waals surface area contributed by atoms with Crippen molar-refractivity contribution in [3.8, 4) is 11.5 Å². The molecule has 0 radical (unpaired) electrons. The van der Waals surface area contributed by atoms with Crippen LogP contribution in [0.1, 0.15) is 69.0 Å². The molecule has 0 bridgehead atoms. The first kappa shape index (κ1) is 40.0. The van der Waals surface area contributed by atoms with Crippen LogP contribution in [0.4, 0.5) is 0 Å². The molecule has 1 aromatic heterocycles. The number of benzene rings is 3. The van der Waals surface area contributed by atoms with Crippen LogP contribution in [-0.2, 0) is 24.1 Å². The third-order valence-electron chi connectivity index (χ3n) is 9.21. The predicted molar refractivity (Wildman–Crippen MR) is 206 cm³/mol. The zero-order valence-electron chi connectivity index (χ0n) is 31.5. The summed E-state index contributed by atoms with van der Waals surface area (Å²) in [6.45, 7) is 10.4. The Balaban J connectivity index is 1.60. The Morgan fingerprint density at radius 3 is 2.02 bits per heavy atom. The summed E-state index contributed by atoms with van der Waals surface area (Å²) in [5.41, 5.74) is 0.847. The molecule has 0 aliphatic carbocycles. The summed E-state index contributed by atoms with van der Waals surface area (Å²) >= 11 is 0. The molecule has 4 atom stereocenters. The number of H-pyrrole nitrogens is 1. The highest BCUT2D eigenvalue weighted by atomic mass is 31.2. The standard InChI is InChI=1S/C40H51N4O8P/c1-27(2)44(28(3)4)53(50-23-11-22-41)52-35-24-37(43-25-29(5)38(45)42-39(43)46)51-36(35)26-49-40(30-12-9-8-10-13-30,31-14-18-33(47-6)19-15-31)32-16-20-34(48-7)21-17-32/h8-10,12-22,25,27-28,35-37,41H,11,23-24,26H2,1-7H3,(H,42,45,46)/t35-,36+,37+,53?/m0/s1. The van der Waals surface area contributed by atoms with E-state index >= 15 is 0 Å². The topological polar surface area (TPSA) is 137 Å². The van der Waals surface area contributed by atoms with Gasteiger partial charge in [-0.25, -0.2) is 9.46 Å². The summed E-state index contributed by atoms with van der Waals surface area (Å²) in [6.07, 6.45) is 1.57. The Hall–Kier alpha value is -4.16. The molecular weight excluding hydrogens is 695 g/mol. The highest BCUT2D eigenvalue weighted by Crippen LogP contribution is 2.50. The smallest absolute Gasteiger partial charge is 0.330 e. The van der Waals surface area contributed by atoms with Crippen molar-refractivity contribution < 1.29 is 28.0 Å². The van der Waals surface area contributed by atoms with Crippen LogP contribution in [0.5, 0.6) is 11.5 Å². The van der Waals surface area contributed by atoms with Gasteiger partial charge in [0.1, 0.15) is 29.4 Å². The molecule has 2 N–H and O–H groups in total. The molecule has 12 nitrogen and oxygen atoms in total. The van der Waals surface area contributed by atoms with Crippen molar-refractivity contribution in [2.75, 3.05) is 27.4 Å². The molecular formula is C40H51N4O8P. The maximum absolute atomic E-state index is 13.1. The number of aromatic nitrogens is 2. The summed E-state index contributed by atoms with van der Waals surface area (Å²) in [5.74, 6) is 1.41.